The van der Waals surface area contributed by atoms with Gasteiger partial charge in [-0.25, -0.2) is 13.9 Å². The van der Waals surface area contributed by atoms with Gasteiger partial charge < -0.3 is 10.6 Å². The van der Waals surface area contributed by atoms with Crippen molar-refractivity contribution in [1.29, 1.82) is 0 Å². The second-order valence-electron chi connectivity index (χ2n) is 10.1. The molecule has 2 amide bonds. The Hall–Kier alpha value is -3.33. The number of fused-ring (bicyclic) bond motifs is 4. The maximum Gasteiger partial charge on any atom is 0.270 e. The van der Waals surface area contributed by atoms with E-state index in [9.17, 15) is 18.8 Å². The van der Waals surface area contributed by atoms with Crippen LogP contribution in [0.3, 0.4) is 0 Å². The van der Waals surface area contributed by atoms with Crippen LogP contribution < -0.4 is 10.6 Å². The first-order valence-electron chi connectivity index (χ1n) is 12.1. The predicted molar refractivity (Wildman–Crippen MR) is 131 cm³/mol. The van der Waals surface area contributed by atoms with Crippen LogP contribution in [0.2, 0.25) is 5.02 Å². The van der Waals surface area contributed by atoms with Crippen LogP contribution in [0.4, 0.5) is 4.39 Å². The molecule has 0 saturated heterocycles. The normalized spacial score (nSPS) is 23.0. The van der Waals surface area contributed by atoms with Crippen molar-refractivity contribution in [3.8, 4) is 0 Å². The van der Waals surface area contributed by atoms with Crippen molar-refractivity contribution in [1.82, 2.24) is 25.2 Å². The molecule has 3 saturated carbocycles. The molecule has 0 unspecified atom stereocenters. The lowest BCUT2D eigenvalue weighted by Gasteiger charge is -2.52. The molecule has 3 aliphatic carbocycles. The zero-order chi connectivity index (χ0) is 25.5. The van der Waals surface area contributed by atoms with Crippen LogP contribution in [-0.4, -0.2) is 38.7 Å². The Bertz CT molecular complexity index is 1350. The minimum atomic E-state index is -0.533. The van der Waals surface area contributed by atoms with Gasteiger partial charge in [0.15, 0.2) is 5.65 Å². The van der Waals surface area contributed by atoms with Crippen molar-refractivity contribution >= 4 is 34.8 Å². The predicted octanol–water partition coefficient (Wildman–Crippen LogP) is 4.11. The number of nitrogens with zero attached hydrogens (tertiary/aromatic N) is 3. The van der Waals surface area contributed by atoms with Gasteiger partial charge >= 0.3 is 0 Å². The first-order chi connectivity index (χ1) is 17.2. The minimum absolute atomic E-state index is 0.000239. The third-order valence-corrected chi connectivity index (χ3v) is 8.32. The molecule has 2 aromatic heterocycles. The Kier molecular flexibility index (Phi) is 6.28. The molecule has 1 aromatic carbocycles. The molecule has 2 N–H and O–H groups in total. The van der Waals surface area contributed by atoms with Gasteiger partial charge in [0.05, 0.1) is 11.2 Å². The molecule has 0 radical (unpaired) electrons. The molecule has 3 fully saturated rings. The highest BCUT2D eigenvalue weighted by Gasteiger charge is 2.50. The smallest absolute Gasteiger partial charge is 0.270 e. The highest BCUT2D eigenvalue weighted by molar-refractivity contribution is 6.30. The Labute approximate surface area is 212 Å². The number of ketones is 1. The lowest BCUT2D eigenvalue weighted by atomic mass is 9.52. The van der Waals surface area contributed by atoms with Gasteiger partial charge in [-0.3, -0.25) is 14.4 Å². The van der Waals surface area contributed by atoms with Gasteiger partial charge in [0.1, 0.15) is 23.0 Å². The summed E-state index contributed by atoms with van der Waals surface area (Å²) < 4.78 is 14.8. The summed E-state index contributed by atoms with van der Waals surface area (Å²) in [4.78, 5) is 42.5. The number of amides is 2. The summed E-state index contributed by atoms with van der Waals surface area (Å²) in [6.07, 6.45) is 6.90. The highest BCUT2D eigenvalue weighted by Crippen LogP contribution is 2.56. The number of Topliss-reactive ketones (excluding diaryl/α,β-unsaturated/α-hetero) is 1. The molecule has 8 nitrogen and oxygen atoms in total. The number of benzene rings is 1. The van der Waals surface area contributed by atoms with E-state index in [1.54, 1.807) is 13.0 Å². The lowest BCUT2D eigenvalue weighted by Crippen LogP contribution is -2.49. The number of halogens is 2. The number of aromatic nitrogens is 3. The van der Waals surface area contributed by atoms with Gasteiger partial charge in [0, 0.05) is 30.6 Å². The van der Waals surface area contributed by atoms with E-state index in [-0.39, 0.29) is 45.5 Å². The number of carbonyl (C=O) groups is 3. The second kappa shape index (κ2) is 9.28. The lowest BCUT2D eigenvalue weighted by molar-refractivity contribution is -0.135. The quantitative estimate of drug-likeness (QED) is 0.496. The number of carbonyl (C=O) groups excluding carboxylic acids is 3. The monoisotopic (exact) mass is 511 g/mol. The second-order valence-corrected chi connectivity index (χ2v) is 10.5. The summed E-state index contributed by atoms with van der Waals surface area (Å²) in [7, 11) is 0. The Morgan fingerprint density at radius 2 is 1.75 bits per heavy atom. The molecule has 10 heteroatoms. The molecule has 6 rings (SSSR count). The SMILES string of the molecule is CC(=O)C12CCC(CNC(=O)c3cc(C(=O)NCc4ccc(F)c(Cl)c4)nc4ccnn34)(CC1)CC2. The van der Waals surface area contributed by atoms with Crippen LogP contribution in [0.15, 0.2) is 36.5 Å². The minimum Gasteiger partial charge on any atom is -0.350 e. The van der Waals surface area contributed by atoms with Crippen LogP contribution in [-0.2, 0) is 11.3 Å². The van der Waals surface area contributed by atoms with E-state index in [0.717, 1.165) is 38.5 Å². The summed E-state index contributed by atoms with van der Waals surface area (Å²) in [6, 6.07) is 7.25. The molecule has 0 atom stereocenters. The third-order valence-electron chi connectivity index (χ3n) is 8.03. The van der Waals surface area contributed by atoms with Gasteiger partial charge in [0.25, 0.3) is 11.8 Å². The van der Waals surface area contributed by atoms with Crippen molar-refractivity contribution in [3.05, 3.63) is 64.3 Å². The maximum atomic E-state index is 13.4. The summed E-state index contributed by atoms with van der Waals surface area (Å²) in [5, 5.41) is 9.95. The summed E-state index contributed by atoms with van der Waals surface area (Å²) >= 11 is 5.81. The van der Waals surface area contributed by atoms with Crippen molar-refractivity contribution in [2.24, 2.45) is 10.8 Å². The van der Waals surface area contributed by atoms with Crippen LogP contribution in [0.25, 0.3) is 5.65 Å². The van der Waals surface area contributed by atoms with E-state index in [1.807, 2.05) is 0 Å². The van der Waals surface area contributed by atoms with Crippen molar-refractivity contribution < 1.29 is 18.8 Å². The molecule has 0 aliphatic heterocycles. The fourth-order valence-electron chi connectivity index (χ4n) is 5.53. The third kappa shape index (κ3) is 4.48. The first-order valence-corrected chi connectivity index (χ1v) is 12.4. The summed E-state index contributed by atoms with van der Waals surface area (Å²) in [5.74, 6) is -1.07. The molecule has 188 valence electrons. The van der Waals surface area contributed by atoms with Crippen LogP contribution in [0.1, 0.15) is 72.0 Å². The van der Waals surface area contributed by atoms with Crippen LogP contribution in [0.5, 0.6) is 0 Å². The van der Waals surface area contributed by atoms with Gasteiger partial charge in [0.2, 0.25) is 0 Å². The Morgan fingerprint density at radius 1 is 1.03 bits per heavy atom. The highest BCUT2D eigenvalue weighted by atomic mass is 35.5. The average Bonchev–Trinajstić information content (AvgIpc) is 3.37. The fourth-order valence-corrected chi connectivity index (χ4v) is 5.73. The fraction of sp³-hybridized carbons (Fsp3) is 0.423. The van der Waals surface area contributed by atoms with Gasteiger partial charge in [-0.05, 0) is 68.6 Å². The van der Waals surface area contributed by atoms with Gasteiger partial charge in [-0.1, -0.05) is 17.7 Å². The average molecular weight is 512 g/mol. The summed E-state index contributed by atoms with van der Waals surface area (Å²) in [6.45, 7) is 2.33. The van der Waals surface area contributed by atoms with Crippen LogP contribution >= 0.6 is 11.6 Å². The Morgan fingerprint density at radius 3 is 2.42 bits per heavy atom. The zero-order valence-electron chi connectivity index (χ0n) is 19.9. The van der Waals surface area contributed by atoms with Crippen LogP contribution in [0, 0.1) is 16.6 Å². The number of rotatable bonds is 7. The molecule has 0 spiro atoms. The van der Waals surface area contributed by atoms with Gasteiger partial charge in [-0.2, -0.15) is 5.10 Å². The summed E-state index contributed by atoms with van der Waals surface area (Å²) in [5.41, 5.74) is 1.12. The van der Waals surface area contributed by atoms with E-state index >= 15 is 0 Å². The molecule has 2 heterocycles. The van der Waals surface area contributed by atoms with E-state index in [2.05, 4.69) is 20.7 Å². The molecular formula is C26H27ClFN5O3. The topological polar surface area (TPSA) is 105 Å². The molecule has 36 heavy (non-hydrogen) atoms. The number of hydrogen-bond donors (Lipinski definition) is 2. The van der Waals surface area contributed by atoms with Crippen molar-refractivity contribution in [2.75, 3.05) is 6.54 Å². The van der Waals surface area contributed by atoms with Crippen molar-refractivity contribution in [2.45, 2.75) is 52.0 Å². The zero-order valence-corrected chi connectivity index (χ0v) is 20.7. The standard InChI is InChI=1S/C26H27ClFN5O3/c1-16(34)26-8-5-25(6-9-26,7-10-26)15-30-24(36)21-13-20(32-22-4-11-31-33(21)22)23(35)29-14-17-2-3-19(28)18(27)12-17/h2-4,11-13H,5-10,14-15H2,1H3,(H,29,35)(H,30,36). The molecule has 2 bridgehead atoms. The van der Waals surface area contributed by atoms with Gasteiger partial charge in [-0.15, -0.1) is 0 Å². The molecular weight excluding hydrogens is 485 g/mol. The maximum absolute atomic E-state index is 13.4. The molecule has 3 aromatic rings. The first kappa shape index (κ1) is 24.4. The van der Waals surface area contributed by atoms with E-state index in [0.29, 0.717) is 17.8 Å². The van der Waals surface area contributed by atoms with Crippen molar-refractivity contribution in [3.63, 3.8) is 0 Å². The van der Waals surface area contributed by atoms with E-state index in [4.69, 9.17) is 11.6 Å². The largest absolute Gasteiger partial charge is 0.350 e. The van der Waals surface area contributed by atoms with E-state index < -0.39 is 11.7 Å². The Balaban J connectivity index is 1.29. The van der Waals surface area contributed by atoms with E-state index in [1.165, 1.54) is 35.0 Å². The molecule has 3 aliphatic rings. The number of nitrogens with one attached hydrogen (secondary N) is 2. The number of hydrogen-bond acceptors (Lipinski definition) is 5.